The number of hydrogen-bond acceptors (Lipinski definition) is 1. The minimum atomic E-state index is -1.86. The Morgan fingerprint density at radius 2 is 1.87 bits per heavy atom. The standard InChI is InChI=1S/C17H19Cl3N2O/c1-11-3-4-15-13(9-11)14(10-21(15)2)12-5-7-22(8-6-12)16(23)17(18,19)20/h3-4,9-10,12H,5-8H2,1-2H3. The predicted octanol–water partition coefficient (Wildman–Crippen LogP) is 4.56. The van der Waals surface area contributed by atoms with Crippen LogP contribution in [0.4, 0.5) is 0 Å². The maximum atomic E-state index is 12.0. The first-order valence-electron chi connectivity index (χ1n) is 7.69. The summed E-state index contributed by atoms with van der Waals surface area (Å²) in [5, 5.41) is 1.30. The molecular formula is C17H19Cl3N2O. The highest BCUT2D eigenvalue weighted by Gasteiger charge is 2.37. The number of carbonyl (C=O) groups is 1. The van der Waals surface area contributed by atoms with Crippen LogP contribution in [0.2, 0.25) is 0 Å². The van der Waals surface area contributed by atoms with Crippen LogP contribution in [0.3, 0.4) is 0 Å². The van der Waals surface area contributed by atoms with E-state index in [1.165, 1.54) is 22.0 Å². The molecule has 6 heteroatoms. The topological polar surface area (TPSA) is 25.2 Å². The summed E-state index contributed by atoms with van der Waals surface area (Å²) in [5.74, 6) is 0.00893. The van der Waals surface area contributed by atoms with Crippen LogP contribution in [0.1, 0.15) is 29.9 Å². The molecule has 3 rings (SSSR count). The van der Waals surface area contributed by atoms with Crippen molar-refractivity contribution in [3.63, 3.8) is 0 Å². The fourth-order valence-electron chi connectivity index (χ4n) is 3.43. The van der Waals surface area contributed by atoms with E-state index in [0.29, 0.717) is 19.0 Å². The highest BCUT2D eigenvalue weighted by atomic mass is 35.6. The normalized spacial score (nSPS) is 17.0. The van der Waals surface area contributed by atoms with Crippen LogP contribution < -0.4 is 0 Å². The number of nitrogens with zero attached hydrogens (tertiary/aromatic N) is 2. The van der Waals surface area contributed by atoms with Gasteiger partial charge in [-0.1, -0.05) is 46.4 Å². The van der Waals surface area contributed by atoms with Gasteiger partial charge in [0.2, 0.25) is 0 Å². The molecule has 23 heavy (non-hydrogen) atoms. The number of fused-ring (bicyclic) bond motifs is 1. The second-order valence-corrected chi connectivity index (χ2v) is 8.56. The summed E-state index contributed by atoms with van der Waals surface area (Å²) in [4.78, 5) is 13.7. The van der Waals surface area contributed by atoms with Gasteiger partial charge in [-0.15, -0.1) is 0 Å². The van der Waals surface area contributed by atoms with Gasteiger partial charge in [0.1, 0.15) is 0 Å². The quantitative estimate of drug-likeness (QED) is 0.673. The first kappa shape index (κ1) is 16.9. The molecule has 0 spiro atoms. The number of halogens is 3. The molecule has 0 saturated carbocycles. The van der Waals surface area contributed by atoms with Crippen molar-refractivity contribution in [3.05, 3.63) is 35.5 Å². The number of aromatic nitrogens is 1. The Hall–Kier alpha value is -0.900. The molecule has 0 aliphatic carbocycles. The lowest BCUT2D eigenvalue weighted by Gasteiger charge is -2.33. The lowest BCUT2D eigenvalue weighted by molar-refractivity contribution is -0.131. The molecule has 2 aromatic rings. The molecule has 124 valence electrons. The van der Waals surface area contributed by atoms with Crippen LogP contribution in [0.15, 0.2) is 24.4 Å². The van der Waals surface area contributed by atoms with Crippen molar-refractivity contribution in [3.8, 4) is 0 Å². The van der Waals surface area contributed by atoms with Crippen molar-refractivity contribution in [2.75, 3.05) is 13.1 Å². The Morgan fingerprint density at radius 1 is 1.22 bits per heavy atom. The maximum absolute atomic E-state index is 12.0. The first-order chi connectivity index (χ1) is 10.8. The molecule has 0 unspecified atom stereocenters. The number of likely N-dealkylation sites (tertiary alicyclic amines) is 1. The van der Waals surface area contributed by atoms with E-state index in [2.05, 4.69) is 42.9 Å². The first-order valence-corrected chi connectivity index (χ1v) is 8.82. The van der Waals surface area contributed by atoms with Gasteiger partial charge in [0.05, 0.1) is 0 Å². The third-order valence-electron chi connectivity index (χ3n) is 4.64. The Morgan fingerprint density at radius 3 is 2.48 bits per heavy atom. The van der Waals surface area contributed by atoms with E-state index in [0.717, 1.165) is 12.8 Å². The van der Waals surface area contributed by atoms with Crippen molar-refractivity contribution in [2.45, 2.75) is 29.5 Å². The average Bonchev–Trinajstić information content (AvgIpc) is 2.82. The zero-order valence-electron chi connectivity index (χ0n) is 13.2. The van der Waals surface area contributed by atoms with Gasteiger partial charge in [0.25, 0.3) is 9.70 Å². The molecule has 1 fully saturated rings. The van der Waals surface area contributed by atoms with Crippen molar-refractivity contribution in [1.82, 2.24) is 9.47 Å². The number of benzene rings is 1. The van der Waals surface area contributed by atoms with Crippen molar-refractivity contribution in [1.29, 1.82) is 0 Å². The average molecular weight is 374 g/mol. The number of carbonyl (C=O) groups excluding carboxylic acids is 1. The fraction of sp³-hybridized carbons (Fsp3) is 0.471. The largest absolute Gasteiger partial charge is 0.350 e. The summed E-state index contributed by atoms with van der Waals surface area (Å²) >= 11 is 17.1. The minimum Gasteiger partial charge on any atom is -0.350 e. The molecular weight excluding hydrogens is 355 g/mol. The zero-order chi connectivity index (χ0) is 16.8. The van der Waals surface area contributed by atoms with E-state index >= 15 is 0 Å². The lowest BCUT2D eigenvalue weighted by Crippen LogP contribution is -2.43. The number of hydrogen-bond donors (Lipinski definition) is 0. The molecule has 1 amide bonds. The van der Waals surface area contributed by atoms with Gasteiger partial charge in [0.15, 0.2) is 0 Å². The van der Waals surface area contributed by atoms with Gasteiger partial charge in [0, 0.05) is 37.2 Å². The third-order valence-corrected chi connectivity index (χ3v) is 5.13. The molecule has 1 aliphatic rings. The van der Waals surface area contributed by atoms with Gasteiger partial charge in [-0.25, -0.2) is 0 Å². The molecule has 0 radical (unpaired) electrons. The van der Waals surface area contributed by atoms with Crippen LogP contribution in [0.5, 0.6) is 0 Å². The Labute approximate surface area is 151 Å². The second-order valence-electron chi connectivity index (χ2n) is 6.28. The van der Waals surface area contributed by atoms with E-state index in [9.17, 15) is 4.79 Å². The number of rotatable bonds is 1. The number of aryl methyl sites for hydroxylation is 2. The highest BCUT2D eigenvalue weighted by molar-refractivity contribution is 6.76. The molecule has 2 heterocycles. The molecule has 1 saturated heterocycles. The van der Waals surface area contributed by atoms with E-state index < -0.39 is 9.70 Å². The van der Waals surface area contributed by atoms with Gasteiger partial charge >= 0.3 is 0 Å². The number of alkyl halides is 3. The van der Waals surface area contributed by atoms with Crippen LogP contribution in [-0.2, 0) is 11.8 Å². The van der Waals surface area contributed by atoms with E-state index in [4.69, 9.17) is 34.8 Å². The highest BCUT2D eigenvalue weighted by Crippen LogP contribution is 2.36. The molecule has 3 nitrogen and oxygen atoms in total. The molecule has 0 bridgehead atoms. The summed E-state index contributed by atoms with van der Waals surface area (Å²) in [7, 11) is 2.07. The molecule has 1 aromatic carbocycles. The number of piperidine rings is 1. The molecule has 1 aromatic heterocycles. The van der Waals surface area contributed by atoms with Crippen molar-refractivity contribution >= 4 is 51.6 Å². The second kappa shape index (κ2) is 6.19. The van der Waals surface area contributed by atoms with E-state index in [-0.39, 0.29) is 0 Å². The van der Waals surface area contributed by atoms with Crippen LogP contribution in [-0.4, -0.2) is 32.3 Å². The number of amides is 1. The van der Waals surface area contributed by atoms with Crippen molar-refractivity contribution in [2.24, 2.45) is 7.05 Å². The third kappa shape index (κ3) is 3.33. The monoisotopic (exact) mass is 372 g/mol. The molecule has 0 N–H and O–H groups in total. The van der Waals surface area contributed by atoms with Gasteiger partial charge in [-0.2, -0.15) is 0 Å². The molecule has 1 aliphatic heterocycles. The van der Waals surface area contributed by atoms with Crippen LogP contribution >= 0.6 is 34.8 Å². The summed E-state index contributed by atoms with van der Waals surface area (Å²) in [5.41, 5.74) is 3.85. The SMILES string of the molecule is Cc1ccc2c(c1)c(C1CCN(C(=O)C(Cl)(Cl)Cl)CC1)cn2C. The predicted molar refractivity (Wildman–Crippen MR) is 96.5 cm³/mol. The van der Waals surface area contributed by atoms with Crippen LogP contribution in [0.25, 0.3) is 10.9 Å². The van der Waals surface area contributed by atoms with Gasteiger partial charge in [-0.3, -0.25) is 4.79 Å². The summed E-state index contributed by atoms with van der Waals surface area (Å²) < 4.78 is 0.312. The maximum Gasteiger partial charge on any atom is 0.274 e. The van der Waals surface area contributed by atoms with Gasteiger partial charge < -0.3 is 9.47 Å². The summed E-state index contributed by atoms with van der Waals surface area (Å²) in [6.07, 6.45) is 3.99. The smallest absolute Gasteiger partial charge is 0.274 e. The molecule has 0 atom stereocenters. The van der Waals surface area contributed by atoms with Crippen molar-refractivity contribution < 1.29 is 4.79 Å². The fourth-order valence-corrected chi connectivity index (χ4v) is 3.79. The Balaban J connectivity index is 1.81. The van der Waals surface area contributed by atoms with E-state index in [1.807, 2.05) is 0 Å². The zero-order valence-corrected chi connectivity index (χ0v) is 15.4. The summed E-state index contributed by atoms with van der Waals surface area (Å²) in [6.45, 7) is 3.36. The van der Waals surface area contributed by atoms with E-state index in [1.54, 1.807) is 4.90 Å². The lowest BCUT2D eigenvalue weighted by atomic mass is 9.89. The Bertz CT molecular complexity index is 740. The summed E-state index contributed by atoms with van der Waals surface area (Å²) in [6, 6.07) is 6.54. The Kier molecular flexibility index (Phi) is 4.56. The minimum absolute atomic E-state index is 0.422. The van der Waals surface area contributed by atoms with Crippen LogP contribution in [0, 0.1) is 6.92 Å². The van der Waals surface area contributed by atoms with Gasteiger partial charge in [-0.05, 0) is 43.4 Å².